The molecule has 0 radical (unpaired) electrons. The molecule has 0 aromatic rings. The van der Waals surface area contributed by atoms with Crippen LogP contribution in [0.5, 0.6) is 0 Å². The first-order valence-electron chi connectivity index (χ1n) is 17.9. The minimum absolute atomic E-state index is 0.0371. The van der Waals surface area contributed by atoms with Crippen LogP contribution in [0.1, 0.15) is 123 Å². The van der Waals surface area contributed by atoms with Crippen LogP contribution in [0.15, 0.2) is 72.9 Å². The second-order valence-corrected chi connectivity index (χ2v) is 12.8. The maximum absolute atomic E-state index is 12.5. The Balaban J connectivity index is 4.41. The highest BCUT2D eigenvalue weighted by molar-refractivity contribution is 7.47. The summed E-state index contributed by atoms with van der Waals surface area (Å²) in [6.45, 7) is 3.43. The molecule has 0 spiro atoms. The van der Waals surface area contributed by atoms with E-state index in [1.165, 1.54) is 12.8 Å². The van der Waals surface area contributed by atoms with Crippen molar-refractivity contribution >= 4 is 19.8 Å². The standard InChI is InChI=1S/C38H64NO8P/c1-3-5-7-9-11-13-15-17-19-20-22-24-26-28-30-37(40)44-34-36(35-46-48(42,43)45-33-32-39)47-38(41)31-29-27-25-23-21-18-16-14-12-10-8-6-4-2/h6,8-9,11-12,14-15,17-18,21,25,27,36H,3-5,7,10,13,16,19-20,22-24,26,28-35,39H2,1-2H3,(H,42,43)/b8-6-,11-9-,14-12-,17-15-,21-18-,27-25-. The van der Waals surface area contributed by atoms with Gasteiger partial charge in [-0.15, -0.1) is 0 Å². The van der Waals surface area contributed by atoms with E-state index in [1.54, 1.807) is 0 Å². The van der Waals surface area contributed by atoms with Gasteiger partial charge in [-0.1, -0.05) is 119 Å². The van der Waals surface area contributed by atoms with E-state index < -0.39 is 32.5 Å². The molecule has 0 heterocycles. The third-order valence-electron chi connectivity index (χ3n) is 6.84. The van der Waals surface area contributed by atoms with Crippen LogP contribution in [-0.2, 0) is 32.7 Å². The Bertz CT molecular complexity index is 1020. The fraction of sp³-hybridized carbons (Fsp3) is 0.632. The van der Waals surface area contributed by atoms with Gasteiger partial charge < -0.3 is 20.1 Å². The lowest BCUT2D eigenvalue weighted by atomic mass is 10.1. The molecule has 0 aromatic carbocycles. The largest absolute Gasteiger partial charge is 0.472 e. The van der Waals surface area contributed by atoms with Crippen molar-refractivity contribution in [2.24, 2.45) is 5.73 Å². The van der Waals surface area contributed by atoms with Gasteiger partial charge in [-0.3, -0.25) is 18.6 Å². The van der Waals surface area contributed by atoms with Gasteiger partial charge in [0.15, 0.2) is 6.10 Å². The zero-order valence-corrected chi connectivity index (χ0v) is 30.6. The predicted octanol–water partition coefficient (Wildman–Crippen LogP) is 9.54. The number of ether oxygens (including phenoxy) is 2. The maximum Gasteiger partial charge on any atom is 0.472 e. The van der Waals surface area contributed by atoms with Gasteiger partial charge in [-0.25, -0.2) is 4.57 Å². The van der Waals surface area contributed by atoms with Gasteiger partial charge in [0, 0.05) is 19.4 Å². The molecular weight excluding hydrogens is 629 g/mol. The number of carbonyl (C=O) groups is 2. The molecule has 2 atom stereocenters. The highest BCUT2D eigenvalue weighted by Crippen LogP contribution is 2.43. The monoisotopic (exact) mass is 693 g/mol. The molecule has 9 nitrogen and oxygen atoms in total. The number of rotatable bonds is 32. The fourth-order valence-electron chi connectivity index (χ4n) is 4.19. The van der Waals surface area contributed by atoms with Crippen molar-refractivity contribution in [3.05, 3.63) is 72.9 Å². The molecule has 48 heavy (non-hydrogen) atoms. The summed E-state index contributed by atoms with van der Waals surface area (Å²) in [7, 11) is -4.39. The van der Waals surface area contributed by atoms with Gasteiger partial charge in [0.25, 0.3) is 0 Å². The van der Waals surface area contributed by atoms with Gasteiger partial charge in [0.05, 0.1) is 13.2 Å². The number of hydrogen-bond donors (Lipinski definition) is 2. The highest BCUT2D eigenvalue weighted by Gasteiger charge is 2.25. The maximum atomic E-state index is 12.5. The fourth-order valence-corrected chi connectivity index (χ4v) is 4.96. The zero-order chi connectivity index (χ0) is 35.4. The summed E-state index contributed by atoms with van der Waals surface area (Å²) in [6.07, 6.45) is 39.5. The molecule has 0 saturated heterocycles. The Labute approximate surface area is 291 Å². The average molecular weight is 694 g/mol. The molecule has 0 aliphatic carbocycles. The Morgan fingerprint density at radius 2 is 1.19 bits per heavy atom. The zero-order valence-electron chi connectivity index (χ0n) is 29.7. The van der Waals surface area contributed by atoms with Crippen molar-refractivity contribution in [2.45, 2.75) is 129 Å². The summed E-state index contributed by atoms with van der Waals surface area (Å²) in [5, 5.41) is 0. The smallest absolute Gasteiger partial charge is 0.462 e. The van der Waals surface area contributed by atoms with Crippen LogP contribution in [0, 0.1) is 0 Å². The van der Waals surface area contributed by atoms with Crippen molar-refractivity contribution in [1.82, 2.24) is 0 Å². The van der Waals surface area contributed by atoms with Gasteiger partial charge in [0.2, 0.25) is 0 Å². The molecule has 0 fully saturated rings. The number of allylic oxidation sites excluding steroid dienone is 12. The SMILES string of the molecule is CC/C=C\C/C=C\C/C=C\C/C=C\CCC(=O)OC(COC(=O)CCCCCCC/C=C\C/C=C\CCCC)COP(=O)(O)OCCN. The summed E-state index contributed by atoms with van der Waals surface area (Å²) in [5.74, 6) is -0.951. The third kappa shape index (κ3) is 33.4. The molecule has 10 heteroatoms. The number of hydrogen-bond acceptors (Lipinski definition) is 8. The Morgan fingerprint density at radius 1 is 0.646 bits per heavy atom. The summed E-state index contributed by atoms with van der Waals surface area (Å²) in [6, 6.07) is 0. The van der Waals surface area contributed by atoms with Crippen molar-refractivity contribution < 1.29 is 37.6 Å². The second kappa shape index (κ2) is 34.3. The van der Waals surface area contributed by atoms with Gasteiger partial charge in [-0.2, -0.15) is 0 Å². The van der Waals surface area contributed by atoms with Crippen molar-refractivity contribution in [2.75, 3.05) is 26.4 Å². The van der Waals surface area contributed by atoms with E-state index in [0.717, 1.165) is 70.6 Å². The number of esters is 2. The Hall–Kier alpha value is -2.55. The van der Waals surface area contributed by atoms with Crippen LogP contribution < -0.4 is 5.73 Å². The number of carbonyl (C=O) groups excluding carboxylic acids is 2. The van der Waals surface area contributed by atoms with Crippen LogP contribution in [-0.4, -0.2) is 49.3 Å². The Morgan fingerprint density at radius 3 is 1.79 bits per heavy atom. The van der Waals surface area contributed by atoms with Crippen molar-refractivity contribution in [1.29, 1.82) is 0 Å². The first-order valence-corrected chi connectivity index (χ1v) is 19.4. The molecule has 0 rings (SSSR count). The van der Waals surface area contributed by atoms with Gasteiger partial charge in [0.1, 0.15) is 6.61 Å². The Kier molecular flexibility index (Phi) is 32.5. The molecule has 0 aliphatic rings. The van der Waals surface area contributed by atoms with Crippen molar-refractivity contribution in [3.63, 3.8) is 0 Å². The van der Waals surface area contributed by atoms with Crippen molar-refractivity contribution in [3.8, 4) is 0 Å². The van der Waals surface area contributed by atoms with Gasteiger partial charge in [-0.05, 0) is 64.2 Å². The highest BCUT2D eigenvalue weighted by atomic mass is 31.2. The molecule has 0 aromatic heterocycles. The van der Waals surface area contributed by atoms with Gasteiger partial charge >= 0.3 is 19.8 Å². The molecule has 0 bridgehead atoms. The van der Waals surface area contributed by atoms with E-state index >= 15 is 0 Å². The summed E-state index contributed by atoms with van der Waals surface area (Å²) >= 11 is 0. The van der Waals surface area contributed by atoms with Crippen LogP contribution >= 0.6 is 7.82 Å². The number of nitrogens with two attached hydrogens (primary N) is 1. The predicted molar refractivity (Wildman–Crippen MR) is 196 cm³/mol. The molecular formula is C38H64NO8P. The minimum atomic E-state index is -4.39. The summed E-state index contributed by atoms with van der Waals surface area (Å²) in [4.78, 5) is 34.6. The summed E-state index contributed by atoms with van der Waals surface area (Å²) < 4.78 is 32.5. The van der Waals surface area contributed by atoms with E-state index in [1.807, 2.05) is 12.2 Å². The molecule has 0 aliphatic heterocycles. The quantitative estimate of drug-likeness (QED) is 0.0306. The number of phosphoric ester groups is 1. The minimum Gasteiger partial charge on any atom is -0.462 e. The molecule has 274 valence electrons. The average Bonchev–Trinajstić information content (AvgIpc) is 3.07. The normalized spacial score (nSPS) is 14.3. The van der Waals surface area contributed by atoms with E-state index in [2.05, 4.69) is 74.6 Å². The lowest BCUT2D eigenvalue weighted by Gasteiger charge is -2.19. The molecule has 0 saturated carbocycles. The van der Waals surface area contributed by atoms with Crippen LogP contribution in [0.25, 0.3) is 0 Å². The van der Waals surface area contributed by atoms with E-state index in [9.17, 15) is 19.0 Å². The van der Waals surface area contributed by atoms with E-state index in [-0.39, 0.29) is 32.6 Å². The third-order valence-corrected chi connectivity index (χ3v) is 7.82. The van der Waals surface area contributed by atoms with Crippen LogP contribution in [0.4, 0.5) is 0 Å². The topological polar surface area (TPSA) is 134 Å². The lowest BCUT2D eigenvalue weighted by Crippen LogP contribution is -2.29. The molecule has 2 unspecified atom stereocenters. The summed E-state index contributed by atoms with van der Waals surface area (Å²) in [5.41, 5.74) is 5.31. The first-order chi connectivity index (χ1) is 23.3. The van der Waals surface area contributed by atoms with E-state index in [0.29, 0.717) is 12.8 Å². The van der Waals surface area contributed by atoms with Crippen LogP contribution in [0.3, 0.4) is 0 Å². The lowest BCUT2D eigenvalue weighted by molar-refractivity contribution is -0.161. The molecule has 3 N–H and O–H groups in total. The first kappa shape index (κ1) is 45.5. The molecule has 0 amide bonds. The number of phosphoric acid groups is 1. The number of unbranched alkanes of at least 4 members (excludes halogenated alkanes) is 7. The van der Waals surface area contributed by atoms with Crippen LogP contribution in [0.2, 0.25) is 0 Å². The van der Waals surface area contributed by atoms with E-state index in [4.69, 9.17) is 24.3 Å². The second-order valence-electron chi connectivity index (χ2n) is 11.3.